The summed E-state index contributed by atoms with van der Waals surface area (Å²) >= 11 is 5.72. The van der Waals surface area contributed by atoms with E-state index in [-0.39, 0.29) is 17.0 Å². The van der Waals surface area contributed by atoms with E-state index in [4.69, 9.17) is 22.6 Å². The van der Waals surface area contributed by atoms with Crippen LogP contribution in [0.1, 0.15) is 23.6 Å². The first-order valence-corrected chi connectivity index (χ1v) is 4.73. The topological polar surface area (TPSA) is 49.8 Å². The summed E-state index contributed by atoms with van der Waals surface area (Å²) in [7, 11) is 0. The third-order valence-electron chi connectivity index (χ3n) is 2.03. The van der Waals surface area contributed by atoms with Crippen LogP contribution in [0.5, 0.6) is 0 Å². The van der Waals surface area contributed by atoms with Crippen molar-refractivity contribution in [1.29, 1.82) is 5.26 Å². The number of rotatable bonds is 2. The van der Waals surface area contributed by atoms with Gasteiger partial charge in [0.15, 0.2) is 0 Å². The number of halogens is 4. The second-order valence-corrected chi connectivity index (χ2v) is 3.61. The standard InChI is InChI=1S/C10H8ClF3N2/c11-8-2-1-6(10(12,13)14)5-7(8)9(16)3-4-15/h1-2,5,9H,3,16H2. The molecule has 0 amide bonds. The molecule has 1 aromatic carbocycles. The molecule has 16 heavy (non-hydrogen) atoms. The van der Waals surface area contributed by atoms with Gasteiger partial charge in [-0.2, -0.15) is 18.4 Å². The van der Waals surface area contributed by atoms with Gasteiger partial charge in [-0.15, -0.1) is 0 Å². The molecule has 0 aromatic heterocycles. The lowest BCUT2D eigenvalue weighted by Crippen LogP contribution is -2.12. The summed E-state index contributed by atoms with van der Waals surface area (Å²) in [4.78, 5) is 0. The van der Waals surface area contributed by atoms with Crippen LogP contribution >= 0.6 is 11.6 Å². The third kappa shape index (κ3) is 2.87. The van der Waals surface area contributed by atoms with Crippen LogP contribution in [0.15, 0.2) is 18.2 Å². The molecule has 1 aromatic rings. The lowest BCUT2D eigenvalue weighted by molar-refractivity contribution is -0.137. The Labute approximate surface area is 95.4 Å². The van der Waals surface area contributed by atoms with Gasteiger partial charge in [-0.05, 0) is 23.8 Å². The Morgan fingerprint density at radius 3 is 2.56 bits per heavy atom. The van der Waals surface area contributed by atoms with Crippen LogP contribution < -0.4 is 5.73 Å². The molecule has 1 unspecified atom stereocenters. The average Bonchev–Trinajstić information content (AvgIpc) is 2.16. The first-order valence-electron chi connectivity index (χ1n) is 4.35. The molecule has 6 heteroatoms. The smallest absolute Gasteiger partial charge is 0.323 e. The lowest BCUT2D eigenvalue weighted by atomic mass is 10.0. The van der Waals surface area contributed by atoms with Gasteiger partial charge in [-0.3, -0.25) is 0 Å². The monoisotopic (exact) mass is 248 g/mol. The zero-order valence-corrected chi connectivity index (χ0v) is 8.81. The van der Waals surface area contributed by atoms with Gasteiger partial charge in [0.1, 0.15) is 0 Å². The maximum atomic E-state index is 12.4. The molecular weight excluding hydrogens is 241 g/mol. The Kier molecular flexibility index (Phi) is 3.79. The summed E-state index contributed by atoms with van der Waals surface area (Å²) in [5.74, 6) is 0. The molecule has 0 bridgehead atoms. The van der Waals surface area contributed by atoms with E-state index in [1.165, 1.54) is 0 Å². The number of benzene rings is 1. The lowest BCUT2D eigenvalue weighted by Gasteiger charge is -2.13. The molecule has 0 saturated carbocycles. The highest BCUT2D eigenvalue weighted by atomic mass is 35.5. The molecule has 1 atom stereocenters. The highest BCUT2D eigenvalue weighted by Crippen LogP contribution is 2.33. The van der Waals surface area contributed by atoms with Gasteiger partial charge < -0.3 is 5.73 Å². The number of hydrogen-bond acceptors (Lipinski definition) is 2. The minimum Gasteiger partial charge on any atom is -0.323 e. The Morgan fingerprint density at radius 1 is 1.44 bits per heavy atom. The van der Waals surface area contributed by atoms with Crippen molar-refractivity contribution >= 4 is 11.6 Å². The Bertz CT molecular complexity index is 423. The molecule has 0 fully saturated rings. The fourth-order valence-corrected chi connectivity index (χ4v) is 1.47. The summed E-state index contributed by atoms with van der Waals surface area (Å²) in [6, 6.07) is 3.88. The van der Waals surface area contributed by atoms with Crippen LogP contribution in [-0.2, 0) is 6.18 Å². The van der Waals surface area contributed by atoms with Gasteiger partial charge in [-0.25, -0.2) is 0 Å². The molecule has 0 saturated heterocycles. The predicted octanol–water partition coefficient (Wildman–Crippen LogP) is 3.27. The summed E-state index contributed by atoms with van der Waals surface area (Å²) in [6.45, 7) is 0. The zero-order chi connectivity index (χ0) is 12.3. The Balaban J connectivity index is 3.15. The quantitative estimate of drug-likeness (QED) is 0.873. The number of alkyl halides is 3. The predicted molar refractivity (Wildman–Crippen MR) is 53.6 cm³/mol. The Hall–Kier alpha value is -1.25. The van der Waals surface area contributed by atoms with Crippen LogP contribution in [0.3, 0.4) is 0 Å². The summed E-state index contributed by atoms with van der Waals surface area (Å²) < 4.78 is 37.2. The zero-order valence-electron chi connectivity index (χ0n) is 8.05. The van der Waals surface area contributed by atoms with Gasteiger partial charge in [0, 0.05) is 11.1 Å². The maximum Gasteiger partial charge on any atom is 0.416 e. The highest BCUT2D eigenvalue weighted by Gasteiger charge is 2.31. The van der Waals surface area contributed by atoms with Crippen molar-refractivity contribution in [2.75, 3.05) is 0 Å². The van der Waals surface area contributed by atoms with Gasteiger partial charge in [0.05, 0.1) is 18.1 Å². The van der Waals surface area contributed by atoms with Crippen molar-refractivity contribution in [1.82, 2.24) is 0 Å². The van der Waals surface area contributed by atoms with E-state index in [9.17, 15) is 13.2 Å². The van der Waals surface area contributed by atoms with E-state index in [1.54, 1.807) is 6.07 Å². The third-order valence-corrected chi connectivity index (χ3v) is 2.38. The first kappa shape index (κ1) is 12.8. The van der Waals surface area contributed by atoms with E-state index < -0.39 is 17.8 Å². The van der Waals surface area contributed by atoms with Crippen molar-refractivity contribution in [2.24, 2.45) is 5.73 Å². The molecule has 2 nitrogen and oxygen atoms in total. The molecule has 0 spiro atoms. The van der Waals surface area contributed by atoms with Crippen LogP contribution in [0.4, 0.5) is 13.2 Å². The normalized spacial score (nSPS) is 13.2. The van der Waals surface area contributed by atoms with Crippen molar-refractivity contribution < 1.29 is 13.2 Å². The molecule has 0 heterocycles. The molecule has 1 rings (SSSR count). The van der Waals surface area contributed by atoms with Crippen LogP contribution in [0, 0.1) is 11.3 Å². The van der Waals surface area contributed by atoms with Crippen LogP contribution in [-0.4, -0.2) is 0 Å². The molecule has 0 aliphatic heterocycles. The second kappa shape index (κ2) is 4.73. The van der Waals surface area contributed by atoms with E-state index in [0.717, 1.165) is 18.2 Å². The van der Waals surface area contributed by atoms with Crippen molar-refractivity contribution in [2.45, 2.75) is 18.6 Å². The minimum atomic E-state index is -4.44. The van der Waals surface area contributed by atoms with E-state index in [1.807, 2.05) is 0 Å². The van der Waals surface area contributed by atoms with Gasteiger partial charge in [-0.1, -0.05) is 11.6 Å². The number of nitrogens with zero attached hydrogens (tertiary/aromatic N) is 1. The summed E-state index contributed by atoms with van der Waals surface area (Å²) in [5, 5.41) is 8.56. The fourth-order valence-electron chi connectivity index (χ4n) is 1.21. The summed E-state index contributed by atoms with van der Waals surface area (Å²) in [5.41, 5.74) is 4.86. The molecule has 0 radical (unpaired) electrons. The molecule has 0 aliphatic carbocycles. The van der Waals surface area contributed by atoms with Crippen molar-refractivity contribution in [3.05, 3.63) is 34.3 Å². The van der Waals surface area contributed by atoms with Gasteiger partial charge in [0.2, 0.25) is 0 Å². The van der Waals surface area contributed by atoms with E-state index in [2.05, 4.69) is 0 Å². The van der Waals surface area contributed by atoms with Crippen molar-refractivity contribution in [3.63, 3.8) is 0 Å². The van der Waals surface area contributed by atoms with Crippen LogP contribution in [0.25, 0.3) is 0 Å². The summed E-state index contributed by atoms with van der Waals surface area (Å²) in [6.07, 6.45) is -4.52. The van der Waals surface area contributed by atoms with Gasteiger partial charge in [0.25, 0.3) is 0 Å². The molecule has 2 N–H and O–H groups in total. The molecular formula is C10H8ClF3N2. The fraction of sp³-hybridized carbons (Fsp3) is 0.300. The van der Waals surface area contributed by atoms with Crippen LogP contribution in [0.2, 0.25) is 5.02 Å². The molecule has 86 valence electrons. The number of hydrogen-bond donors (Lipinski definition) is 1. The maximum absolute atomic E-state index is 12.4. The highest BCUT2D eigenvalue weighted by molar-refractivity contribution is 6.31. The van der Waals surface area contributed by atoms with Crippen molar-refractivity contribution in [3.8, 4) is 6.07 Å². The van der Waals surface area contributed by atoms with E-state index >= 15 is 0 Å². The van der Waals surface area contributed by atoms with Gasteiger partial charge >= 0.3 is 6.18 Å². The average molecular weight is 249 g/mol. The Morgan fingerprint density at radius 2 is 2.06 bits per heavy atom. The number of nitrogens with two attached hydrogens (primary N) is 1. The minimum absolute atomic E-state index is 0.0823. The largest absolute Gasteiger partial charge is 0.416 e. The SMILES string of the molecule is N#CCC(N)c1cc(C(F)(F)F)ccc1Cl. The number of nitriles is 1. The van der Waals surface area contributed by atoms with E-state index in [0.29, 0.717) is 0 Å². The second-order valence-electron chi connectivity index (χ2n) is 3.20. The first-order chi connectivity index (χ1) is 7.36. The molecule has 0 aliphatic rings.